The molecule has 0 saturated carbocycles. The number of nitrogens with zero attached hydrogens (tertiary/aromatic N) is 3. The van der Waals surface area contributed by atoms with Crippen LogP contribution in [0.3, 0.4) is 0 Å². The molecule has 1 aromatic carbocycles. The van der Waals surface area contributed by atoms with Crippen molar-refractivity contribution < 1.29 is 14.3 Å². The van der Waals surface area contributed by atoms with E-state index < -0.39 is 0 Å². The Kier molecular flexibility index (Phi) is 6.68. The van der Waals surface area contributed by atoms with Crippen molar-refractivity contribution in [2.45, 2.75) is 26.2 Å². The highest BCUT2D eigenvalue weighted by Crippen LogP contribution is 2.27. The van der Waals surface area contributed by atoms with Crippen molar-refractivity contribution >= 4 is 11.9 Å². The van der Waals surface area contributed by atoms with Gasteiger partial charge in [-0.15, -0.1) is 0 Å². The summed E-state index contributed by atoms with van der Waals surface area (Å²) in [5.74, 6) is 2.56. The van der Waals surface area contributed by atoms with E-state index in [0.29, 0.717) is 41.9 Å². The van der Waals surface area contributed by atoms with Crippen molar-refractivity contribution in [2.75, 3.05) is 38.8 Å². The molecule has 1 aromatic heterocycles. The molecule has 1 atom stereocenters. The van der Waals surface area contributed by atoms with Gasteiger partial charge in [-0.1, -0.05) is 13.0 Å². The first-order valence-corrected chi connectivity index (χ1v) is 9.66. The topological polar surface area (TPSA) is 76.6 Å². The Morgan fingerprint density at radius 2 is 1.96 bits per heavy atom. The maximum Gasteiger partial charge on any atom is 0.254 e. The summed E-state index contributed by atoms with van der Waals surface area (Å²) in [5, 5.41) is 2.91. The third-order valence-electron chi connectivity index (χ3n) is 4.99. The van der Waals surface area contributed by atoms with Gasteiger partial charge in [0.2, 0.25) is 5.95 Å². The minimum Gasteiger partial charge on any atom is -0.493 e. The van der Waals surface area contributed by atoms with Crippen LogP contribution < -0.4 is 19.7 Å². The van der Waals surface area contributed by atoms with E-state index in [9.17, 15) is 4.79 Å². The number of hydrogen-bond donors (Lipinski definition) is 1. The second-order valence-electron chi connectivity index (χ2n) is 7.16. The minimum atomic E-state index is -0.168. The number of hydrogen-bond acceptors (Lipinski definition) is 6. The quantitative estimate of drug-likeness (QED) is 0.791. The van der Waals surface area contributed by atoms with E-state index in [1.165, 1.54) is 6.42 Å². The highest BCUT2D eigenvalue weighted by atomic mass is 16.5. The summed E-state index contributed by atoms with van der Waals surface area (Å²) in [6.45, 7) is 4.70. The molecule has 0 spiro atoms. The number of methoxy groups -OCH3 is 2. The number of rotatable bonds is 7. The summed E-state index contributed by atoms with van der Waals surface area (Å²) in [4.78, 5) is 23.3. The van der Waals surface area contributed by atoms with Gasteiger partial charge in [0.25, 0.3) is 5.91 Å². The molecular weight excluding hydrogens is 356 g/mol. The smallest absolute Gasteiger partial charge is 0.254 e. The lowest BCUT2D eigenvalue weighted by Crippen LogP contribution is -2.35. The highest BCUT2D eigenvalue weighted by molar-refractivity contribution is 5.93. The van der Waals surface area contributed by atoms with Gasteiger partial charge in [0.15, 0.2) is 11.5 Å². The van der Waals surface area contributed by atoms with Crippen molar-refractivity contribution in [2.24, 2.45) is 5.92 Å². The van der Waals surface area contributed by atoms with Crippen LogP contribution in [0.15, 0.2) is 30.6 Å². The van der Waals surface area contributed by atoms with Gasteiger partial charge >= 0.3 is 0 Å². The first-order valence-electron chi connectivity index (χ1n) is 9.66. The SMILES string of the molecule is COc1ccc(CCNC(=O)c2cnc(N3CCCC(C)C3)nc2)cc1OC. The predicted octanol–water partition coefficient (Wildman–Crippen LogP) is 2.70. The zero-order valence-corrected chi connectivity index (χ0v) is 16.8. The Hall–Kier alpha value is -2.83. The molecule has 0 aliphatic carbocycles. The third kappa shape index (κ3) is 4.91. The Morgan fingerprint density at radius 3 is 2.64 bits per heavy atom. The maximum atomic E-state index is 12.3. The van der Waals surface area contributed by atoms with Gasteiger partial charge in [0.1, 0.15) is 0 Å². The van der Waals surface area contributed by atoms with E-state index in [4.69, 9.17) is 9.47 Å². The van der Waals surface area contributed by atoms with Crippen LogP contribution in [0, 0.1) is 5.92 Å². The number of benzene rings is 1. The number of ether oxygens (including phenoxy) is 2. The largest absolute Gasteiger partial charge is 0.493 e. The molecule has 1 fully saturated rings. The summed E-state index contributed by atoms with van der Waals surface area (Å²) in [7, 11) is 3.22. The van der Waals surface area contributed by atoms with Crippen LogP contribution in [0.1, 0.15) is 35.7 Å². The zero-order chi connectivity index (χ0) is 19.9. The van der Waals surface area contributed by atoms with E-state index in [2.05, 4.69) is 27.1 Å². The van der Waals surface area contributed by atoms with Gasteiger partial charge < -0.3 is 19.7 Å². The Labute approximate surface area is 166 Å². The Bertz CT molecular complexity index is 795. The number of nitrogens with one attached hydrogen (secondary N) is 1. The summed E-state index contributed by atoms with van der Waals surface area (Å²) < 4.78 is 10.5. The Morgan fingerprint density at radius 1 is 1.21 bits per heavy atom. The molecule has 3 rings (SSSR count). The standard InChI is InChI=1S/C21H28N4O3/c1-15-5-4-10-25(14-15)21-23-12-17(13-24-21)20(26)22-9-8-16-6-7-18(27-2)19(11-16)28-3/h6-7,11-13,15H,4-5,8-10,14H2,1-3H3,(H,22,26). The molecule has 2 aromatic rings. The zero-order valence-electron chi connectivity index (χ0n) is 16.8. The van der Waals surface area contributed by atoms with Crippen molar-refractivity contribution in [3.63, 3.8) is 0 Å². The molecule has 0 radical (unpaired) electrons. The molecule has 7 nitrogen and oxygen atoms in total. The number of aromatic nitrogens is 2. The van der Waals surface area contributed by atoms with Crippen LogP contribution in [-0.2, 0) is 6.42 Å². The molecular formula is C21H28N4O3. The first-order chi connectivity index (χ1) is 13.6. The predicted molar refractivity (Wildman–Crippen MR) is 108 cm³/mol. The number of anilines is 1. The van der Waals surface area contributed by atoms with Gasteiger partial charge in [-0.2, -0.15) is 0 Å². The number of amides is 1. The second-order valence-corrected chi connectivity index (χ2v) is 7.16. The second kappa shape index (κ2) is 9.39. The molecule has 28 heavy (non-hydrogen) atoms. The van der Waals surface area contributed by atoms with E-state index in [1.54, 1.807) is 26.6 Å². The lowest BCUT2D eigenvalue weighted by atomic mass is 10.0. The van der Waals surface area contributed by atoms with Crippen LogP contribution in [0.5, 0.6) is 11.5 Å². The number of carbonyl (C=O) groups excluding carboxylic acids is 1. The molecule has 7 heteroatoms. The van der Waals surface area contributed by atoms with Crippen LogP contribution in [0.4, 0.5) is 5.95 Å². The molecule has 0 bridgehead atoms. The summed E-state index contributed by atoms with van der Waals surface area (Å²) in [6, 6.07) is 5.75. The molecule has 1 unspecified atom stereocenters. The average Bonchev–Trinajstić information content (AvgIpc) is 2.73. The molecule has 1 amide bonds. The highest BCUT2D eigenvalue weighted by Gasteiger charge is 2.19. The molecule has 1 N–H and O–H groups in total. The fraction of sp³-hybridized carbons (Fsp3) is 0.476. The van der Waals surface area contributed by atoms with E-state index in [-0.39, 0.29) is 5.91 Å². The van der Waals surface area contributed by atoms with Crippen LogP contribution in [-0.4, -0.2) is 49.7 Å². The third-order valence-corrected chi connectivity index (χ3v) is 4.99. The van der Waals surface area contributed by atoms with E-state index in [1.807, 2.05) is 18.2 Å². The molecule has 150 valence electrons. The Balaban J connectivity index is 1.52. The summed E-state index contributed by atoms with van der Waals surface area (Å²) in [6.07, 6.45) is 6.30. The average molecular weight is 384 g/mol. The van der Waals surface area contributed by atoms with E-state index in [0.717, 1.165) is 25.1 Å². The van der Waals surface area contributed by atoms with Gasteiger partial charge in [0, 0.05) is 32.0 Å². The summed E-state index contributed by atoms with van der Waals surface area (Å²) >= 11 is 0. The van der Waals surface area contributed by atoms with Gasteiger partial charge in [-0.05, 0) is 42.9 Å². The van der Waals surface area contributed by atoms with Crippen molar-refractivity contribution in [3.8, 4) is 11.5 Å². The van der Waals surface area contributed by atoms with Gasteiger partial charge in [0.05, 0.1) is 19.8 Å². The minimum absolute atomic E-state index is 0.168. The first kappa shape index (κ1) is 19.9. The van der Waals surface area contributed by atoms with Crippen LogP contribution in [0.25, 0.3) is 0 Å². The molecule has 1 aliphatic rings. The van der Waals surface area contributed by atoms with Crippen molar-refractivity contribution in [1.82, 2.24) is 15.3 Å². The monoisotopic (exact) mass is 384 g/mol. The van der Waals surface area contributed by atoms with Crippen LogP contribution in [0.2, 0.25) is 0 Å². The summed E-state index contributed by atoms with van der Waals surface area (Å²) in [5.41, 5.74) is 1.53. The molecule has 2 heterocycles. The van der Waals surface area contributed by atoms with Crippen LogP contribution >= 0.6 is 0 Å². The fourth-order valence-corrected chi connectivity index (χ4v) is 3.43. The normalized spacial score (nSPS) is 16.5. The van der Waals surface area contributed by atoms with E-state index >= 15 is 0 Å². The molecule has 1 saturated heterocycles. The number of carbonyl (C=O) groups is 1. The number of piperidine rings is 1. The van der Waals surface area contributed by atoms with Gasteiger partial charge in [-0.3, -0.25) is 4.79 Å². The maximum absolute atomic E-state index is 12.3. The molecule has 1 aliphatic heterocycles. The lowest BCUT2D eigenvalue weighted by molar-refractivity contribution is 0.0953. The lowest BCUT2D eigenvalue weighted by Gasteiger charge is -2.30. The van der Waals surface area contributed by atoms with Gasteiger partial charge in [-0.25, -0.2) is 9.97 Å². The van der Waals surface area contributed by atoms with Crippen molar-refractivity contribution in [1.29, 1.82) is 0 Å². The van der Waals surface area contributed by atoms with Crippen molar-refractivity contribution in [3.05, 3.63) is 41.7 Å². The fourth-order valence-electron chi connectivity index (χ4n) is 3.43.